The van der Waals surface area contributed by atoms with Crippen LogP contribution in [0.5, 0.6) is 0 Å². The van der Waals surface area contributed by atoms with Crippen LogP contribution in [-0.4, -0.2) is 38.6 Å². The number of aliphatic hydroxyl groups is 2. The normalized spacial score (nSPS) is 24.1. The Hall–Kier alpha value is -0.163. The van der Waals surface area contributed by atoms with Gasteiger partial charge in [-0.05, 0) is 19.4 Å². The van der Waals surface area contributed by atoms with Gasteiger partial charge in [0.05, 0.1) is 12.7 Å². The van der Waals surface area contributed by atoms with Crippen molar-refractivity contribution in [1.82, 2.24) is 0 Å². The predicted octanol–water partition coefficient (Wildman–Crippen LogP) is 0.605. The van der Waals surface area contributed by atoms with Crippen molar-refractivity contribution in [1.29, 1.82) is 0 Å². The van der Waals surface area contributed by atoms with Crippen LogP contribution < -0.4 is 0 Å². The Labute approximate surface area is 81.8 Å². The van der Waals surface area contributed by atoms with E-state index in [9.17, 15) is 0 Å². The zero-order valence-corrected chi connectivity index (χ0v) is 9.43. The molecule has 0 aromatic rings. The molecule has 0 saturated carbocycles. The second kappa shape index (κ2) is 8.44. The van der Waals surface area contributed by atoms with Crippen LogP contribution in [0.2, 0.25) is 6.04 Å². The highest BCUT2D eigenvalue weighted by atomic mass is 28.3. The van der Waals surface area contributed by atoms with Gasteiger partial charge in [0.1, 0.15) is 0 Å². The molecule has 2 unspecified atom stereocenters. The van der Waals surface area contributed by atoms with Gasteiger partial charge in [0, 0.05) is 6.61 Å². The minimum atomic E-state index is -0.841. The van der Waals surface area contributed by atoms with Crippen LogP contribution in [0.3, 0.4) is 0 Å². The van der Waals surface area contributed by atoms with E-state index in [-0.39, 0.29) is 6.61 Å². The average molecular weight is 204 g/mol. The third-order valence-corrected chi connectivity index (χ3v) is 3.91. The van der Waals surface area contributed by atoms with Crippen molar-refractivity contribution < 1.29 is 14.6 Å². The molecule has 1 fully saturated rings. The molecule has 2 atom stereocenters. The summed E-state index contributed by atoms with van der Waals surface area (Å²) in [5, 5.41) is 16.0. The van der Waals surface area contributed by atoms with Crippen LogP contribution >= 0.6 is 0 Å². The van der Waals surface area contributed by atoms with E-state index in [0.29, 0.717) is 0 Å². The van der Waals surface area contributed by atoms with Gasteiger partial charge in [0.15, 0.2) is 0 Å². The maximum Gasteiger partial charge on any atom is 0.200 e. The molecule has 4 heteroatoms. The third kappa shape index (κ3) is 8.17. The predicted molar refractivity (Wildman–Crippen MR) is 56.1 cm³/mol. The van der Waals surface area contributed by atoms with Crippen LogP contribution in [0.1, 0.15) is 19.8 Å². The van der Waals surface area contributed by atoms with Crippen molar-refractivity contribution >= 4 is 9.04 Å². The number of aliphatic hydroxyl groups excluding tert-OH is 2. The topological polar surface area (TPSA) is 49.7 Å². The van der Waals surface area contributed by atoms with Crippen molar-refractivity contribution in [3.8, 4) is 0 Å². The molecule has 3 nitrogen and oxygen atoms in total. The lowest BCUT2D eigenvalue weighted by Gasteiger charge is -2.16. The Balaban J connectivity index is 0.000000252. The van der Waals surface area contributed by atoms with Gasteiger partial charge >= 0.3 is 0 Å². The summed E-state index contributed by atoms with van der Waals surface area (Å²) in [6, 6.07) is 1.31. The van der Waals surface area contributed by atoms with Crippen molar-refractivity contribution in [2.24, 2.45) is 0 Å². The zero-order valence-electron chi connectivity index (χ0n) is 8.28. The van der Waals surface area contributed by atoms with E-state index < -0.39 is 15.1 Å². The molecule has 0 aliphatic carbocycles. The quantitative estimate of drug-likeness (QED) is 0.648. The van der Waals surface area contributed by atoms with Gasteiger partial charge in [0.25, 0.3) is 0 Å². The Morgan fingerprint density at radius 3 is 2.46 bits per heavy atom. The van der Waals surface area contributed by atoms with Crippen molar-refractivity contribution in [2.75, 3.05) is 13.2 Å². The average Bonchev–Trinajstić information content (AvgIpc) is 2.20. The van der Waals surface area contributed by atoms with Gasteiger partial charge < -0.3 is 14.6 Å². The molecule has 0 amide bonds. The minimum absolute atomic E-state index is 0.139. The van der Waals surface area contributed by atoms with E-state index >= 15 is 0 Å². The van der Waals surface area contributed by atoms with Gasteiger partial charge in [0.2, 0.25) is 9.04 Å². The number of hydrogen-bond acceptors (Lipinski definition) is 3. The molecule has 0 spiro atoms. The van der Waals surface area contributed by atoms with Crippen LogP contribution in [0.25, 0.3) is 0 Å². The summed E-state index contributed by atoms with van der Waals surface area (Å²) in [6.45, 7) is 6.10. The van der Waals surface area contributed by atoms with E-state index in [1.54, 1.807) is 0 Å². The standard InChI is InChI=1S/C6H12OSi.C3H8O2/c1-2-8-6-4-3-5-7-8;1-3(5)2-4/h2,8H,1,3-6H2;3-5H,2H2,1H3. The molecule has 78 valence electrons. The minimum Gasteiger partial charge on any atom is -0.416 e. The first kappa shape index (κ1) is 12.8. The monoisotopic (exact) mass is 204 g/mol. The summed E-state index contributed by atoms with van der Waals surface area (Å²) in [5.74, 6) is 0. The van der Waals surface area contributed by atoms with Gasteiger partial charge in [-0.1, -0.05) is 12.1 Å². The Bertz CT molecular complexity index is 122. The van der Waals surface area contributed by atoms with Gasteiger partial charge in [-0.3, -0.25) is 0 Å². The van der Waals surface area contributed by atoms with E-state index in [0.717, 1.165) is 6.61 Å². The number of hydrogen-bond donors (Lipinski definition) is 2. The first-order valence-electron chi connectivity index (χ1n) is 4.73. The van der Waals surface area contributed by atoms with Crippen LogP contribution in [0.15, 0.2) is 12.3 Å². The maximum absolute atomic E-state index is 8.11. The highest BCUT2D eigenvalue weighted by Crippen LogP contribution is 2.10. The molecule has 1 aliphatic rings. The second-order valence-corrected chi connectivity index (χ2v) is 5.63. The summed E-state index contributed by atoms with van der Waals surface area (Å²) >= 11 is 0. The van der Waals surface area contributed by atoms with Gasteiger partial charge in [-0.15, -0.1) is 6.58 Å². The summed E-state index contributed by atoms with van der Waals surface area (Å²) in [5.41, 5.74) is 2.03. The second-order valence-electron chi connectivity index (χ2n) is 3.17. The lowest BCUT2D eigenvalue weighted by Crippen LogP contribution is -2.20. The van der Waals surface area contributed by atoms with Crippen LogP contribution in [0.4, 0.5) is 0 Å². The molecule has 1 rings (SSSR count). The molecule has 0 aromatic heterocycles. The van der Waals surface area contributed by atoms with Gasteiger partial charge in [-0.2, -0.15) is 0 Å². The number of rotatable bonds is 2. The highest BCUT2D eigenvalue weighted by molar-refractivity contribution is 6.57. The summed E-state index contributed by atoms with van der Waals surface area (Å²) < 4.78 is 5.45. The Morgan fingerprint density at radius 1 is 1.62 bits per heavy atom. The largest absolute Gasteiger partial charge is 0.416 e. The van der Waals surface area contributed by atoms with E-state index in [1.165, 1.54) is 25.8 Å². The summed E-state index contributed by atoms with van der Waals surface area (Å²) in [4.78, 5) is 0. The molecule has 1 heterocycles. The molecule has 1 saturated heterocycles. The molecular weight excluding hydrogens is 184 g/mol. The van der Waals surface area contributed by atoms with E-state index in [1.807, 2.05) is 5.70 Å². The Kier molecular flexibility index (Phi) is 8.33. The lowest BCUT2D eigenvalue weighted by molar-refractivity contribution is 0.110. The molecule has 0 radical (unpaired) electrons. The summed E-state index contributed by atoms with van der Waals surface area (Å²) in [7, 11) is -0.841. The SMILES string of the molecule is C=C[SiH]1CCCCO1.CC(O)CO. The molecule has 13 heavy (non-hydrogen) atoms. The first-order chi connectivity index (χ1) is 6.20. The van der Waals surface area contributed by atoms with Crippen molar-refractivity contribution in [2.45, 2.75) is 31.9 Å². The fraction of sp³-hybridized carbons (Fsp3) is 0.778. The molecular formula is C9H20O3Si. The fourth-order valence-electron chi connectivity index (χ4n) is 0.952. The maximum atomic E-state index is 8.11. The summed E-state index contributed by atoms with van der Waals surface area (Å²) in [6.07, 6.45) is 2.07. The molecule has 0 aromatic carbocycles. The molecule has 0 bridgehead atoms. The zero-order chi connectivity index (χ0) is 10.1. The molecule has 2 N–H and O–H groups in total. The molecule has 1 aliphatic heterocycles. The van der Waals surface area contributed by atoms with Crippen LogP contribution in [0, 0.1) is 0 Å². The highest BCUT2D eigenvalue weighted by Gasteiger charge is 2.10. The Morgan fingerprint density at radius 2 is 2.23 bits per heavy atom. The van der Waals surface area contributed by atoms with Crippen molar-refractivity contribution in [3.63, 3.8) is 0 Å². The first-order valence-corrected chi connectivity index (χ1v) is 6.69. The van der Waals surface area contributed by atoms with E-state index in [2.05, 4.69) is 6.58 Å². The van der Waals surface area contributed by atoms with Crippen LogP contribution in [-0.2, 0) is 4.43 Å². The van der Waals surface area contributed by atoms with Gasteiger partial charge in [-0.25, -0.2) is 0 Å². The van der Waals surface area contributed by atoms with E-state index in [4.69, 9.17) is 14.6 Å². The van der Waals surface area contributed by atoms with Crippen molar-refractivity contribution in [3.05, 3.63) is 12.3 Å². The fourth-order valence-corrected chi connectivity index (χ4v) is 2.65. The smallest absolute Gasteiger partial charge is 0.200 e. The lowest BCUT2D eigenvalue weighted by atomic mass is 10.4. The third-order valence-electron chi connectivity index (χ3n) is 1.74.